The SMILES string of the molecule is Brc1nnn(I)n1. The van der Waals surface area contributed by atoms with Crippen molar-refractivity contribution in [3.05, 3.63) is 4.73 Å². The summed E-state index contributed by atoms with van der Waals surface area (Å²) in [7, 11) is 0. The number of hydrogen-bond acceptors (Lipinski definition) is 3. The Balaban J connectivity index is 3.04. The monoisotopic (exact) mass is 274 g/mol. The molecule has 0 saturated carbocycles. The van der Waals surface area contributed by atoms with Crippen molar-refractivity contribution in [1.82, 2.24) is 18.4 Å². The molecule has 6 heteroatoms. The standard InChI is InChI=1S/CBrIN4/c2-1-4-6-7(3)5-1. The van der Waals surface area contributed by atoms with Crippen molar-refractivity contribution >= 4 is 38.8 Å². The molecule has 1 aromatic heterocycles. The summed E-state index contributed by atoms with van der Waals surface area (Å²) in [6, 6.07) is 0. The highest BCUT2D eigenvalue weighted by molar-refractivity contribution is 14.1. The van der Waals surface area contributed by atoms with Crippen LogP contribution in [0, 0.1) is 0 Å². The fourth-order valence-corrected chi connectivity index (χ4v) is 1.00. The van der Waals surface area contributed by atoms with Crippen LogP contribution in [-0.4, -0.2) is 18.4 Å². The molecule has 0 fully saturated rings. The van der Waals surface area contributed by atoms with E-state index in [0.717, 1.165) is 0 Å². The molecule has 7 heavy (non-hydrogen) atoms. The molecule has 1 heterocycles. The van der Waals surface area contributed by atoms with Crippen LogP contribution in [0.25, 0.3) is 0 Å². The number of rotatable bonds is 0. The molecule has 0 atom stereocenters. The fourth-order valence-electron chi connectivity index (χ4n) is 0.182. The van der Waals surface area contributed by atoms with Gasteiger partial charge in [-0.05, 0) is 21.1 Å². The van der Waals surface area contributed by atoms with Gasteiger partial charge in [0.2, 0.25) is 4.73 Å². The third kappa shape index (κ3) is 1.34. The van der Waals surface area contributed by atoms with E-state index in [2.05, 4.69) is 31.3 Å². The van der Waals surface area contributed by atoms with Gasteiger partial charge in [-0.3, -0.25) is 0 Å². The van der Waals surface area contributed by atoms with Crippen LogP contribution in [0.5, 0.6) is 0 Å². The maximum Gasteiger partial charge on any atom is 0.240 e. The van der Waals surface area contributed by atoms with E-state index < -0.39 is 0 Å². The third-order valence-electron chi connectivity index (χ3n) is 0.366. The average molecular weight is 275 g/mol. The maximum absolute atomic E-state index is 3.71. The van der Waals surface area contributed by atoms with Crippen molar-refractivity contribution in [2.45, 2.75) is 0 Å². The van der Waals surface area contributed by atoms with Gasteiger partial charge in [-0.15, -0.1) is 13.2 Å². The van der Waals surface area contributed by atoms with Crippen LogP contribution >= 0.6 is 38.8 Å². The molecule has 0 aromatic carbocycles. The minimum absolute atomic E-state index is 0.516. The van der Waals surface area contributed by atoms with Crippen LogP contribution in [-0.2, 0) is 0 Å². The first-order valence-electron chi connectivity index (χ1n) is 1.41. The summed E-state index contributed by atoms with van der Waals surface area (Å²) in [6.07, 6.45) is 0. The lowest BCUT2D eigenvalue weighted by Crippen LogP contribution is -1.81. The van der Waals surface area contributed by atoms with Gasteiger partial charge >= 0.3 is 0 Å². The fraction of sp³-hybridized carbons (Fsp3) is 0. The number of halogens is 2. The van der Waals surface area contributed by atoms with Crippen LogP contribution in [0.4, 0.5) is 0 Å². The van der Waals surface area contributed by atoms with Gasteiger partial charge in [0.1, 0.15) is 22.9 Å². The topological polar surface area (TPSA) is 43.6 Å². The summed E-state index contributed by atoms with van der Waals surface area (Å²) in [5, 5.41) is 10.7. The molecule has 0 bridgehead atoms. The lowest BCUT2D eigenvalue weighted by Gasteiger charge is -1.68. The molecule has 1 rings (SSSR count). The Kier molecular flexibility index (Phi) is 1.57. The highest BCUT2D eigenvalue weighted by atomic mass is 127. The molecule has 4 nitrogen and oxygen atoms in total. The Morgan fingerprint density at radius 2 is 2.43 bits per heavy atom. The second-order valence-corrected chi connectivity index (χ2v) is 2.37. The summed E-state index contributed by atoms with van der Waals surface area (Å²) in [6.45, 7) is 0. The van der Waals surface area contributed by atoms with Crippen LogP contribution < -0.4 is 0 Å². The normalized spacial score (nSPS) is 9.43. The van der Waals surface area contributed by atoms with Crippen molar-refractivity contribution in [3.8, 4) is 0 Å². The van der Waals surface area contributed by atoms with Gasteiger partial charge in [0.25, 0.3) is 0 Å². The Hall–Kier alpha value is 0.280. The number of hydrogen-bond donors (Lipinski definition) is 0. The predicted molar refractivity (Wildman–Crippen MR) is 34.9 cm³/mol. The smallest absolute Gasteiger partial charge is 0.114 e. The molecule has 0 aliphatic rings. The number of nitrogens with zero attached hydrogens (tertiary/aromatic N) is 4. The van der Waals surface area contributed by atoms with Gasteiger partial charge in [-0.25, -0.2) is 0 Å². The molecule has 0 spiro atoms. The Morgan fingerprint density at radius 3 is 2.57 bits per heavy atom. The second-order valence-electron chi connectivity index (χ2n) is 0.799. The lowest BCUT2D eigenvalue weighted by atomic mass is 11.4. The van der Waals surface area contributed by atoms with Crippen molar-refractivity contribution in [1.29, 1.82) is 0 Å². The van der Waals surface area contributed by atoms with Crippen molar-refractivity contribution in [3.63, 3.8) is 0 Å². The van der Waals surface area contributed by atoms with E-state index in [0.29, 0.717) is 4.73 Å². The highest BCUT2D eigenvalue weighted by Crippen LogP contribution is 1.96. The first-order chi connectivity index (χ1) is 3.29. The minimum atomic E-state index is 0.516. The number of aromatic nitrogens is 4. The molecule has 0 saturated heterocycles. The van der Waals surface area contributed by atoms with Crippen LogP contribution in [0.3, 0.4) is 0 Å². The first kappa shape index (κ1) is 5.42. The van der Waals surface area contributed by atoms with Gasteiger partial charge in [-0.1, -0.05) is 0 Å². The summed E-state index contributed by atoms with van der Waals surface area (Å²) in [5.41, 5.74) is 0. The van der Waals surface area contributed by atoms with Crippen molar-refractivity contribution in [2.24, 2.45) is 0 Å². The molecule has 1 aromatic rings. The Bertz CT molecular complexity index is 144. The predicted octanol–water partition coefficient (Wildman–Crippen LogP) is 0.634. The highest BCUT2D eigenvalue weighted by Gasteiger charge is 1.89. The zero-order valence-electron chi connectivity index (χ0n) is 3.04. The Labute approximate surface area is 61.9 Å². The van der Waals surface area contributed by atoms with E-state index in [9.17, 15) is 0 Å². The second kappa shape index (κ2) is 2.03. The average Bonchev–Trinajstić information content (AvgIpc) is 1.87. The third-order valence-corrected chi connectivity index (χ3v) is 1.09. The molecule has 0 aliphatic heterocycles. The van der Waals surface area contributed by atoms with Crippen LogP contribution in [0.1, 0.15) is 0 Å². The molecule has 0 amide bonds. The summed E-state index contributed by atoms with van der Waals surface area (Å²) in [5.74, 6) is 0. The quantitative estimate of drug-likeness (QED) is 0.652. The molecule has 0 aliphatic carbocycles. The molecule has 38 valence electrons. The van der Waals surface area contributed by atoms with E-state index in [4.69, 9.17) is 0 Å². The largest absolute Gasteiger partial charge is 0.240 e. The first-order valence-corrected chi connectivity index (χ1v) is 3.16. The van der Waals surface area contributed by atoms with E-state index in [1.807, 2.05) is 22.9 Å². The summed E-state index contributed by atoms with van der Waals surface area (Å²) < 4.78 is 1.86. The molecule has 0 unspecified atom stereocenters. The Morgan fingerprint density at radius 1 is 1.71 bits per heavy atom. The maximum atomic E-state index is 3.71. The number of tetrazole rings is 1. The van der Waals surface area contributed by atoms with E-state index in [1.165, 1.54) is 3.01 Å². The summed E-state index contributed by atoms with van der Waals surface area (Å²) >= 11 is 4.92. The summed E-state index contributed by atoms with van der Waals surface area (Å²) in [4.78, 5) is 0. The molecular weight excluding hydrogens is 275 g/mol. The van der Waals surface area contributed by atoms with E-state index in [1.54, 1.807) is 0 Å². The van der Waals surface area contributed by atoms with E-state index >= 15 is 0 Å². The zero-order chi connectivity index (χ0) is 5.28. The van der Waals surface area contributed by atoms with Gasteiger partial charge in [0.15, 0.2) is 0 Å². The lowest BCUT2D eigenvalue weighted by molar-refractivity contribution is 0.853. The van der Waals surface area contributed by atoms with Crippen LogP contribution in [0.2, 0.25) is 0 Å². The minimum Gasteiger partial charge on any atom is -0.114 e. The van der Waals surface area contributed by atoms with Crippen molar-refractivity contribution < 1.29 is 0 Å². The zero-order valence-corrected chi connectivity index (χ0v) is 6.79. The van der Waals surface area contributed by atoms with E-state index in [-0.39, 0.29) is 0 Å². The van der Waals surface area contributed by atoms with Gasteiger partial charge < -0.3 is 0 Å². The van der Waals surface area contributed by atoms with Gasteiger partial charge in [0.05, 0.1) is 0 Å². The van der Waals surface area contributed by atoms with Crippen molar-refractivity contribution in [2.75, 3.05) is 0 Å². The van der Waals surface area contributed by atoms with Gasteiger partial charge in [-0.2, -0.15) is 0 Å². The molecule has 0 N–H and O–H groups in total. The molecule has 0 radical (unpaired) electrons. The van der Waals surface area contributed by atoms with Gasteiger partial charge in [0, 0.05) is 0 Å². The van der Waals surface area contributed by atoms with Crippen LogP contribution in [0.15, 0.2) is 4.73 Å². The molecular formula is CBrIN4.